The minimum atomic E-state index is -0.560. The van der Waals surface area contributed by atoms with E-state index in [0.717, 1.165) is 60.8 Å². The van der Waals surface area contributed by atoms with Gasteiger partial charge in [0.2, 0.25) is 0 Å². The number of benzene rings is 4. The van der Waals surface area contributed by atoms with Gasteiger partial charge < -0.3 is 9.47 Å². The number of ether oxygens (including phenoxy) is 2. The first kappa shape index (κ1) is 28.0. The van der Waals surface area contributed by atoms with Gasteiger partial charge in [0, 0.05) is 11.1 Å². The number of anilines is 2. The first-order chi connectivity index (χ1) is 20.1. The van der Waals surface area contributed by atoms with E-state index in [1.54, 1.807) is 0 Å². The number of fused-ring (bicyclic) bond motifs is 3. The number of hydrogen-bond donors (Lipinski definition) is 0. The molecule has 1 aliphatic rings. The van der Waals surface area contributed by atoms with E-state index in [-0.39, 0.29) is 6.67 Å². The molecule has 210 valence electrons. The summed E-state index contributed by atoms with van der Waals surface area (Å²) >= 11 is 0. The Morgan fingerprint density at radius 3 is 1.41 bits per heavy atom. The molecule has 0 spiro atoms. The van der Waals surface area contributed by atoms with Gasteiger partial charge in [-0.05, 0) is 61.1 Å². The molecule has 0 aromatic heterocycles. The van der Waals surface area contributed by atoms with Crippen LogP contribution in [0.4, 0.5) is 21.0 Å². The van der Waals surface area contributed by atoms with Gasteiger partial charge in [-0.3, -0.25) is 9.80 Å². The van der Waals surface area contributed by atoms with Gasteiger partial charge in [-0.1, -0.05) is 99.5 Å². The Bertz CT molecular complexity index is 1400. The Hall–Kier alpha value is -4.58. The average Bonchev–Trinajstić information content (AvgIpc) is 3.15. The summed E-state index contributed by atoms with van der Waals surface area (Å²) in [4.78, 5) is 30.8. The van der Waals surface area contributed by atoms with E-state index >= 15 is 0 Å². The molecule has 0 radical (unpaired) electrons. The molecule has 0 bridgehead atoms. The van der Waals surface area contributed by atoms with E-state index in [1.165, 1.54) is 9.80 Å². The van der Waals surface area contributed by atoms with E-state index in [2.05, 4.69) is 13.8 Å². The van der Waals surface area contributed by atoms with Crippen LogP contribution in [0, 0.1) is 0 Å². The topological polar surface area (TPSA) is 59.1 Å². The molecule has 6 nitrogen and oxygen atoms in total. The lowest BCUT2D eigenvalue weighted by atomic mass is 10.0. The van der Waals surface area contributed by atoms with E-state index in [4.69, 9.17) is 9.47 Å². The summed E-state index contributed by atoms with van der Waals surface area (Å²) in [5.74, 6) is 1.06. The molecule has 0 saturated carbocycles. The average molecular weight is 549 g/mol. The highest BCUT2D eigenvalue weighted by atomic mass is 16.6. The lowest BCUT2D eigenvalue weighted by molar-refractivity contribution is 0.202. The molecule has 5 rings (SSSR count). The fourth-order valence-electron chi connectivity index (χ4n) is 5.13. The SMILES string of the molecule is CCCCc1ccccc1OC(=O)N1CN(C(=O)Oc2ccccc2CCCC)c2ccccc2-c2ccccc21. The van der Waals surface area contributed by atoms with Gasteiger partial charge in [-0.15, -0.1) is 0 Å². The zero-order chi connectivity index (χ0) is 28.6. The predicted octanol–water partition coefficient (Wildman–Crippen LogP) is 9.02. The number of nitrogens with zero attached hydrogens (tertiary/aromatic N) is 2. The highest BCUT2D eigenvalue weighted by Crippen LogP contribution is 2.41. The molecule has 0 saturated heterocycles. The van der Waals surface area contributed by atoms with Crippen molar-refractivity contribution in [1.82, 2.24) is 0 Å². The maximum atomic E-state index is 13.9. The second-order valence-electron chi connectivity index (χ2n) is 10.2. The number of hydrogen-bond acceptors (Lipinski definition) is 4. The summed E-state index contributed by atoms with van der Waals surface area (Å²) in [6, 6.07) is 30.6. The molecular weight excluding hydrogens is 512 g/mol. The van der Waals surface area contributed by atoms with Crippen molar-refractivity contribution >= 4 is 23.6 Å². The van der Waals surface area contributed by atoms with E-state index in [9.17, 15) is 9.59 Å². The first-order valence-electron chi connectivity index (χ1n) is 14.4. The Labute approximate surface area is 242 Å². The Kier molecular flexibility index (Phi) is 8.99. The monoisotopic (exact) mass is 548 g/mol. The zero-order valence-electron chi connectivity index (χ0n) is 23.7. The molecule has 0 atom stereocenters. The Morgan fingerprint density at radius 2 is 0.976 bits per heavy atom. The molecule has 4 aromatic carbocycles. The first-order valence-corrected chi connectivity index (χ1v) is 14.4. The number of carbonyl (C=O) groups excluding carboxylic acids is 2. The number of para-hydroxylation sites is 4. The largest absolute Gasteiger partial charge is 0.421 e. The van der Waals surface area contributed by atoms with Crippen LogP contribution >= 0.6 is 0 Å². The van der Waals surface area contributed by atoms with Crippen LogP contribution in [0.2, 0.25) is 0 Å². The summed E-state index contributed by atoms with van der Waals surface area (Å²) in [6.07, 6.45) is 4.59. The van der Waals surface area contributed by atoms with Gasteiger partial charge in [0.15, 0.2) is 0 Å². The van der Waals surface area contributed by atoms with Crippen LogP contribution in [0.25, 0.3) is 11.1 Å². The van der Waals surface area contributed by atoms with E-state index in [0.29, 0.717) is 22.9 Å². The van der Waals surface area contributed by atoms with Crippen LogP contribution in [0.3, 0.4) is 0 Å². The fraction of sp³-hybridized carbons (Fsp3) is 0.257. The standard InChI is InChI=1S/C35H36N2O4/c1-3-5-15-26-17-7-13-23-32(26)40-34(38)36-25-37(35(39)41-33-24-14-8-18-27(33)16-6-4-2)31-22-12-10-20-29(31)28-19-9-11-21-30(28)36/h7-14,17-24H,3-6,15-16,25H2,1-2H3. The molecule has 0 aliphatic carbocycles. The Morgan fingerprint density at radius 1 is 0.585 bits per heavy atom. The van der Waals surface area contributed by atoms with Gasteiger partial charge >= 0.3 is 12.2 Å². The van der Waals surface area contributed by atoms with Crippen molar-refractivity contribution in [2.45, 2.75) is 52.4 Å². The van der Waals surface area contributed by atoms with Crippen molar-refractivity contribution in [2.24, 2.45) is 0 Å². The summed E-state index contributed by atoms with van der Waals surface area (Å²) in [5.41, 5.74) is 4.95. The van der Waals surface area contributed by atoms with Crippen LogP contribution < -0.4 is 19.3 Å². The third kappa shape index (κ3) is 6.27. The lowest BCUT2D eigenvalue weighted by Crippen LogP contribution is -2.46. The molecule has 1 aliphatic heterocycles. The molecule has 0 N–H and O–H groups in total. The van der Waals surface area contributed by atoms with Crippen LogP contribution in [-0.4, -0.2) is 18.9 Å². The zero-order valence-corrected chi connectivity index (χ0v) is 23.7. The second-order valence-corrected chi connectivity index (χ2v) is 10.2. The quantitative estimate of drug-likeness (QED) is 0.220. The number of rotatable bonds is 8. The number of carbonyl (C=O) groups is 2. The molecule has 0 fully saturated rings. The predicted molar refractivity (Wildman–Crippen MR) is 164 cm³/mol. The van der Waals surface area contributed by atoms with Crippen LogP contribution in [0.5, 0.6) is 11.5 Å². The minimum Gasteiger partial charge on any atom is -0.410 e. The third-order valence-corrected chi connectivity index (χ3v) is 7.34. The van der Waals surface area contributed by atoms with Gasteiger partial charge in [0.25, 0.3) is 0 Å². The summed E-state index contributed by atoms with van der Waals surface area (Å²) in [6.45, 7) is 4.20. The lowest BCUT2D eigenvalue weighted by Gasteiger charge is -2.28. The highest BCUT2D eigenvalue weighted by Gasteiger charge is 2.33. The molecule has 0 unspecified atom stereocenters. The molecule has 2 amide bonds. The van der Waals surface area contributed by atoms with Crippen LogP contribution in [-0.2, 0) is 12.8 Å². The molecular formula is C35H36N2O4. The summed E-state index contributed by atoms with van der Waals surface area (Å²) < 4.78 is 12.0. The highest BCUT2D eigenvalue weighted by molar-refractivity contribution is 6.04. The molecule has 6 heteroatoms. The number of amides is 2. The van der Waals surface area contributed by atoms with Gasteiger partial charge in [0.05, 0.1) is 11.4 Å². The van der Waals surface area contributed by atoms with Gasteiger partial charge in [-0.25, -0.2) is 9.59 Å². The van der Waals surface area contributed by atoms with Crippen molar-refractivity contribution in [2.75, 3.05) is 16.5 Å². The normalized spacial score (nSPS) is 12.2. The van der Waals surface area contributed by atoms with E-state index < -0.39 is 12.2 Å². The second kappa shape index (κ2) is 13.2. The Balaban J connectivity index is 1.51. The third-order valence-electron chi connectivity index (χ3n) is 7.34. The molecule has 4 aromatic rings. The van der Waals surface area contributed by atoms with Crippen LogP contribution in [0.1, 0.15) is 50.7 Å². The van der Waals surface area contributed by atoms with Crippen molar-refractivity contribution in [3.63, 3.8) is 0 Å². The van der Waals surface area contributed by atoms with Crippen LogP contribution in [0.15, 0.2) is 97.1 Å². The smallest absolute Gasteiger partial charge is 0.410 e. The number of aryl methyl sites for hydroxylation is 2. The van der Waals surface area contributed by atoms with Crippen molar-refractivity contribution in [3.8, 4) is 22.6 Å². The summed E-state index contributed by atoms with van der Waals surface area (Å²) in [5, 5.41) is 0. The number of unbranched alkanes of at least 4 members (excludes halogenated alkanes) is 2. The fourth-order valence-corrected chi connectivity index (χ4v) is 5.13. The van der Waals surface area contributed by atoms with Crippen molar-refractivity contribution < 1.29 is 19.1 Å². The van der Waals surface area contributed by atoms with E-state index in [1.807, 2.05) is 97.1 Å². The van der Waals surface area contributed by atoms with Crippen molar-refractivity contribution in [1.29, 1.82) is 0 Å². The minimum absolute atomic E-state index is 0.0695. The summed E-state index contributed by atoms with van der Waals surface area (Å²) in [7, 11) is 0. The van der Waals surface area contributed by atoms with Gasteiger partial charge in [-0.2, -0.15) is 0 Å². The maximum absolute atomic E-state index is 13.9. The molecule has 1 heterocycles. The molecule has 41 heavy (non-hydrogen) atoms. The van der Waals surface area contributed by atoms with Gasteiger partial charge in [0.1, 0.15) is 18.2 Å². The maximum Gasteiger partial charge on any atom is 0.421 e. The van der Waals surface area contributed by atoms with Crippen molar-refractivity contribution in [3.05, 3.63) is 108 Å².